The lowest BCUT2D eigenvalue weighted by Gasteiger charge is -2.12. The van der Waals surface area contributed by atoms with Crippen molar-refractivity contribution in [1.29, 1.82) is 0 Å². The average Bonchev–Trinajstić information content (AvgIpc) is 3.12. The van der Waals surface area contributed by atoms with Gasteiger partial charge in [0.05, 0.1) is 25.0 Å². The van der Waals surface area contributed by atoms with Crippen LogP contribution in [-0.2, 0) is 16.6 Å². The van der Waals surface area contributed by atoms with E-state index in [2.05, 4.69) is 14.7 Å². The number of aryl methyl sites for hydroxylation is 2. The van der Waals surface area contributed by atoms with Crippen molar-refractivity contribution in [3.63, 3.8) is 0 Å². The molecule has 0 saturated heterocycles. The fraction of sp³-hybridized carbons (Fsp3) is 0.222. The Bertz CT molecular complexity index is 1020. The third-order valence-corrected chi connectivity index (χ3v) is 6.28. The van der Waals surface area contributed by atoms with Crippen molar-refractivity contribution < 1.29 is 13.2 Å². The van der Waals surface area contributed by atoms with E-state index in [0.717, 1.165) is 21.8 Å². The van der Waals surface area contributed by atoms with Crippen LogP contribution in [0.1, 0.15) is 16.8 Å². The molecule has 26 heavy (non-hydrogen) atoms. The lowest BCUT2D eigenvalue weighted by atomic mass is 10.1. The van der Waals surface area contributed by atoms with Gasteiger partial charge in [-0.2, -0.15) is 0 Å². The van der Waals surface area contributed by atoms with Crippen molar-refractivity contribution in [2.24, 2.45) is 0 Å². The monoisotopic (exact) mass is 389 g/mol. The number of hydrogen-bond acceptors (Lipinski definition) is 6. The van der Waals surface area contributed by atoms with Crippen molar-refractivity contribution in [2.75, 3.05) is 7.11 Å². The number of nitrogens with one attached hydrogen (secondary N) is 1. The van der Waals surface area contributed by atoms with E-state index in [1.54, 1.807) is 18.3 Å². The van der Waals surface area contributed by atoms with E-state index in [1.807, 2.05) is 37.4 Å². The number of aromatic nitrogens is 2. The Kier molecular flexibility index (Phi) is 5.36. The van der Waals surface area contributed by atoms with Gasteiger partial charge in [-0.05, 0) is 49.2 Å². The SMILES string of the molecule is COc1cc(C)c(C)cc1S(=O)(=O)NCc1csc(-c2ccccn2)n1. The normalized spacial score (nSPS) is 11.5. The summed E-state index contributed by atoms with van der Waals surface area (Å²) in [6, 6.07) is 8.94. The first-order valence-corrected chi connectivity index (χ1v) is 10.3. The average molecular weight is 390 g/mol. The van der Waals surface area contributed by atoms with E-state index in [4.69, 9.17) is 4.74 Å². The maximum atomic E-state index is 12.7. The van der Waals surface area contributed by atoms with Gasteiger partial charge in [0.2, 0.25) is 10.0 Å². The Hall–Kier alpha value is -2.29. The minimum atomic E-state index is -3.72. The Morgan fingerprint density at radius 2 is 1.96 bits per heavy atom. The highest BCUT2D eigenvalue weighted by atomic mass is 32.2. The molecule has 0 atom stereocenters. The lowest BCUT2D eigenvalue weighted by molar-refractivity contribution is 0.401. The van der Waals surface area contributed by atoms with Gasteiger partial charge in [0.15, 0.2) is 0 Å². The number of nitrogens with zero attached hydrogens (tertiary/aromatic N) is 2. The van der Waals surface area contributed by atoms with Crippen molar-refractivity contribution in [2.45, 2.75) is 25.3 Å². The molecule has 136 valence electrons. The molecule has 1 aromatic carbocycles. The molecule has 6 nitrogen and oxygen atoms in total. The maximum absolute atomic E-state index is 12.7. The van der Waals surface area contributed by atoms with E-state index >= 15 is 0 Å². The van der Waals surface area contributed by atoms with Crippen molar-refractivity contribution >= 4 is 21.4 Å². The van der Waals surface area contributed by atoms with Gasteiger partial charge in [0.1, 0.15) is 15.7 Å². The Morgan fingerprint density at radius 1 is 1.19 bits per heavy atom. The van der Waals surface area contributed by atoms with Crippen LogP contribution in [0.25, 0.3) is 10.7 Å². The molecular formula is C18H19N3O3S2. The molecule has 0 fully saturated rings. The van der Waals surface area contributed by atoms with Gasteiger partial charge in [-0.25, -0.2) is 18.1 Å². The molecule has 0 radical (unpaired) electrons. The Morgan fingerprint density at radius 3 is 2.65 bits per heavy atom. The molecule has 2 heterocycles. The van der Waals surface area contributed by atoms with E-state index in [-0.39, 0.29) is 11.4 Å². The second-order valence-corrected chi connectivity index (χ2v) is 8.36. The zero-order chi connectivity index (χ0) is 18.7. The second kappa shape index (κ2) is 7.53. The minimum absolute atomic E-state index is 0.0990. The number of hydrogen-bond donors (Lipinski definition) is 1. The van der Waals surface area contributed by atoms with E-state index < -0.39 is 10.0 Å². The van der Waals surface area contributed by atoms with E-state index in [0.29, 0.717) is 11.4 Å². The third kappa shape index (κ3) is 3.92. The summed E-state index contributed by atoms with van der Waals surface area (Å²) in [5, 5.41) is 2.58. The molecule has 0 spiro atoms. The number of benzene rings is 1. The Labute approximate surface area is 157 Å². The summed E-state index contributed by atoms with van der Waals surface area (Å²) in [5.74, 6) is 0.327. The zero-order valence-corrected chi connectivity index (χ0v) is 16.3. The van der Waals surface area contributed by atoms with Crippen LogP contribution in [0, 0.1) is 13.8 Å². The summed E-state index contributed by atoms with van der Waals surface area (Å²) >= 11 is 1.43. The summed E-state index contributed by atoms with van der Waals surface area (Å²) < 4.78 is 33.2. The van der Waals surface area contributed by atoms with Gasteiger partial charge < -0.3 is 4.74 Å². The molecule has 0 unspecified atom stereocenters. The van der Waals surface area contributed by atoms with Gasteiger partial charge in [-0.3, -0.25) is 4.98 Å². The van der Waals surface area contributed by atoms with Gasteiger partial charge in [0, 0.05) is 11.6 Å². The highest BCUT2D eigenvalue weighted by molar-refractivity contribution is 7.89. The van der Waals surface area contributed by atoms with Crippen LogP contribution in [0.2, 0.25) is 0 Å². The number of pyridine rings is 1. The molecule has 0 amide bonds. The minimum Gasteiger partial charge on any atom is -0.495 e. The number of methoxy groups -OCH3 is 1. The van der Waals surface area contributed by atoms with Crippen LogP contribution in [-0.4, -0.2) is 25.5 Å². The third-order valence-electron chi connectivity index (χ3n) is 3.95. The molecule has 0 aliphatic rings. The van der Waals surface area contributed by atoms with Crippen molar-refractivity contribution in [3.8, 4) is 16.5 Å². The van der Waals surface area contributed by atoms with Crippen molar-refractivity contribution in [1.82, 2.24) is 14.7 Å². The summed E-state index contributed by atoms with van der Waals surface area (Å²) in [5.41, 5.74) is 3.27. The van der Waals surface area contributed by atoms with E-state index in [1.165, 1.54) is 18.4 Å². The first-order valence-electron chi connectivity index (χ1n) is 7.91. The number of thiazole rings is 1. The van der Waals surface area contributed by atoms with Gasteiger partial charge in [-0.15, -0.1) is 11.3 Å². The summed E-state index contributed by atoms with van der Waals surface area (Å²) in [4.78, 5) is 8.83. The summed E-state index contributed by atoms with van der Waals surface area (Å²) in [6.07, 6.45) is 1.70. The predicted octanol–water partition coefficient (Wildman–Crippen LogP) is 3.31. The second-order valence-electron chi connectivity index (χ2n) is 5.77. The fourth-order valence-electron chi connectivity index (χ4n) is 2.37. The number of rotatable bonds is 6. The molecule has 0 bridgehead atoms. The molecule has 1 N–H and O–H groups in total. The topological polar surface area (TPSA) is 81.2 Å². The molecule has 0 aliphatic heterocycles. The molecule has 0 aliphatic carbocycles. The predicted molar refractivity (Wildman–Crippen MR) is 102 cm³/mol. The van der Waals surface area contributed by atoms with Gasteiger partial charge in [-0.1, -0.05) is 6.07 Å². The highest BCUT2D eigenvalue weighted by Crippen LogP contribution is 2.27. The van der Waals surface area contributed by atoms with Crippen LogP contribution >= 0.6 is 11.3 Å². The Balaban J connectivity index is 1.79. The summed E-state index contributed by atoms with van der Waals surface area (Å²) in [7, 11) is -2.26. The van der Waals surface area contributed by atoms with Crippen molar-refractivity contribution in [3.05, 3.63) is 58.7 Å². The van der Waals surface area contributed by atoms with Crippen LogP contribution in [0.4, 0.5) is 0 Å². The van der Waals surface area contributed by atoms with E-state index in [9.17, 15) is 8.42 Å². The maximum Gasteiger partial charge on any atom is 0.244 e. The molecule has 3 rings (SSSR count). The molecule has 0 saturated carbocycles. The number of ether oxygens (including phenoxy) is 1. The molecule has 3 aromatic rings. The van der Waals surface area contributed by atoms with Crippen LogP contribution in [0.15, 0.2) is 46.8 Å². The first-order chi connectivity index (χ1) is 12.4. The summed E-state index contributed by atoms with van der Waals surface area (Å²) in [6.45, 7) is 3.88. The lowest BCUT2D eigenvalue weighted by Crippen LogP contribution is -2.24. The van der Waals surface area contributed by atoms with Crippen LogP contribution < -0.4 is 9.46 Å². The highest BCUT2D eigenvalue weighted by Gasteiger charge is 2.21. The van der Waals surface area contributed by atoms with Crippen LogP contribution in [0.3, 0.4) is 0 Å². The van der Waals surface area contributed by atoms with Gasteiger partial charge in [0.25, 0.3) is 0 Å². The molecular weight excluding hydrogens is 370 g/mol. The molecule has 2 aromatic heterocycles. The molecule has 8 heteroatoms. The van der Waals surface area contributed by atoms with Gasteiger partial charge >= 0.3 is 0 Å². The van der Waals surface area contributed by atoms with Crippen LogP contribution in [0.5, 0.6) is 5.75 Å². The number of sulfonamides is 1. The first kappa shape index (κ1) is 18.5. The largest absolute Gasteiger partial charge is 0.495 e. The standard InChI is InChI=1S/C18H19N3O3S2/c1-12-8-16(24-3)17(9-13(12)2)26(22,23)20-10-14-11-25-18(21-14)15-6-4-5-7-19-15/h4-9,11,20H,10H2,1-3H3. The quantitative estimate of drug-likeness (QED) is 0.699. The fourth-order valence-corrected chi connectivity index (χ4v) is 4.40. The zero-order valence-electron chi connectivity index (χ0n) is 14.7. The smallest absolute Gasteiger partial charge is 0.244 e.